The minimum atomic E-state index is -2.15. The van der Waals surface area contributed by atoms with Crippen LogP contribution in [-0.4, -0.2) is 79.3 Å². The van der Waals surface area contributed by atoms with Crippen LogP contribution in [0.4, 0.5) is 0 Å². The minimum absolute atomic E-state index is 0.0246. The summed E-state index contributed by atoms with van der Waals surface area (Å²) in [5.41, 5.74) is 6.63. The van der Waals surface area contributed by atoms with E-state index in [9.17, 15) is 9.36 Å². The average molecular weight is 586 g/mol. The number of carbonyl (C=O) groups is 1. The van der Waals surface area contributed by atoms with Crippen LogP contribution in [0, 0.1) is 13.8 Å². The molecule has 5 aromatic heterocycles. The number of aryl methyl sites for hydroxylation is 3. The van der Waals surface area contributed by atoms with E-state index in [1.54, 1.807) is 19.5 Å². The zero-order valence-electron chi connectivity index (χ0n) is 25.2. The summed E-state index contributed by atoms with van der Waals surface area (Å²) in [7, 11) is 1.42. The standard InChI is InChI=1S/C31H36N7O3P/c1-18(2)29-28-19(3)30(31(39)37-10-12-42(7,40)13-11-37)36(5)25(28)15-27(35-29)38-24-14-23(34-20(4)21(24)17-33-38)22-16-32-9-8-26(22)41-6/h8-9,14-18H,10-13H2,1-7H3. The summed E-state index contributed by atoms with van der Waals surface area (Å²) in [5, 5.41) is 6.66. The van der Waals surface area contributed by atoms with E-state index in [-0.39, 0.29) is 11.8 Å². The highest BCUT2D eigenvalue weighted by molar-refractivity contribution is 7.63. The summed E-state index contributed by atoms with van der Waals surface area (Å²) in [5.74, 6) is 1.44. The average Bonchev–Trinajstić information content (AvgIpc) is 3.51. The summed E-state index contributed by atoms with van der Waals surface area (Å²) in [6.45, 7) is 11.1. The van der Waals surface area contributed by atoms with Crippen molar-refractivity contribution in [3.05, 3.63) is 59.4 Å². The summed E-state index contributed by atoms with van der Waals surface area (Å²) < 4.78 is 22.0. The van der Waals surface area contributed by atoms with Gasteiger partial charge in [0.25, 0.3) is 5.91 Å². The number of ether oxygens (including phenoxy) is 1. The normalized spacial score (nSPS) is 15.2. The Balaban J connectivity index is 1.52. The lowest BCUT2D eigenvalue weighted by Gasteiger charge is -2.30. The lowest BCUT2D eigenvalue weighted by Crippen LogP contribution is -2.40. The molecule has 0 radical (unpaired) electrons. The molecule has 1 amide bonds. The second kappa shape index (κ2) is 10.3. The van der Waals surface area contributed by atoms with Gasteiger partial charge in [0.15, 0.2) is 5.82 Å². The molecule has 0 bridgehead atoms. The van der Waals surface area contributed by atoms with E-state index >= 15 is 0 Å². The minimum Gasteiger partial charge on any atom is -0.496 e. The van der Waals surface area contributed by atoms with E-state index in [2.05, 4.69) is 18.8 Å². The topological polar surface area (TPSA) is 108 Å². The number of pyridine rings is 3. The van der Waals surface area contributed by atoms with Crippen molar-refractivity contribution in [1.82, 2.24) is 34.2 Å². The SMILES string of the molecule is COc1ccncc1-c1cc2c(cnn2-c2cc3c(c(C(C)C)n2)c(C)c(C(=O)N2CCP(C)(=O)CC2)n3C)c(C)n1. The molecule has 0 saturated carbocycles. The van der Waals surface area contributed by atoms with Gasteiger partial charge in [-0.3, -0.25) is 14.8 Å². The summed E-state index contributed by atoms with van der Waals surface area (Å²) in [6, 6.07) is 5.82. The number of fused-ring (bicyclic) bond motifs is 2. The molecule has 5 aromatic rings. The van der Waals surface area contributed by atoms with Crippen molar-refractivity contribution in [2.45, 2.75) is 33.6 Å². The van der Waals surface area contributed by atoms with Crippen LogP contribution in [0.25, 0.3) is 38.9 Å². The molecule has 0 N–H and O–H groups in total. The van der Waals surface area contributed by atoms with Crippen LogP contribution in [-0.2, 0) is 11.6 Å². The molecule has 0 aliphatic carbocycles. The molecule has 1 aliphatic heterocycles. The summed E-state index contributed by atoms with van der Waals surface area (Å²) in [4.78, 5) is 29.9. The summed E-state index contributed by atoms with van der Waals surface area (Å²) >= 11 is 0. The third-order valence-corrected chi connectivity index (χ3v) is 10.7. The molecule has 218 valence electrons. The van der Waals surface area contributed by atoms with Crippen molar-refractivity contribution in [3.63, 3.8) is 0 Å². The second-order valence-electron chi connectivity index (χ2n) is 11.6. The van der Waals surface area contributed by atoms with Crippen LogP contribution < -0.4 is 4.74 Å². The number of hydrogen-bond acceptors (Lipinski definition) is 7. The number of methoxy groups -OCH3 is 1. The fraction of sp³-hybridized carbons (Fsp3) is 0.387. The van der Waals surface area contributed by atoms with Crippen LogP contribution in [0.2, 0.25) is 0 Å². The maximum atomic E-state index is 13.8. The highest BCUT2D eigenvalue weighted by Gasteiger charge is 2.31. The Morgan fingerprint density at radius 3 is 2.50 bits per heavy atom. The zero-order valence-corrected chi connectivity index (χ0v) is 26.1. The molecule has 0 spiro atoms. The van der Waals surface area contributed by atoms with Gasteiger partial charge in [0.2, 0.25) is 0 Å². The smallest absolute Gasteiger partial charge is 0.270 e. The first-order chi connectivity index (χ1) is 20.0. The monoisotopic (exact) mass is 585 g/mol. The number of rotatable bonds is 5. The fourth-order valence-corrected chi connectivity index (χ4v) is 7.55. The third kappa shape index (κ3) is 4.58. The molecule has 0 atom stereocenters. The Bertz CT molecular complexity index is 1910. The number of aromatic nitrogens is 6. The van der Waals surface area contributed by atoms with Crippen LogP contribution in [0.3, 0.4) is 0 Å². The van der Waals surface area contributed by atoms with E-state index in [0.717, 1.165) is 50.0 Å². The van der Waals surface area contributed by atoms with E-state index < -0.39 is 7.14 Å². The Hall–Kier alpha value is -4.04. The quantitative estimate of drug-likeness (QED) is 0.248. The second-order valence-corrected chi connectivity index (χ2v) is 15.1. The van der Waals surface area contributed by atoms with Crippen LogP contribution in [0.1, 0.15) is 47.2 Å². The van der Waals surface area contributed by atoms with Crippen molar-refractivity contribution in [3.8, 4) is 22.8 Å². The fourth-order valence-electron chi connectivity index (χ4n) is 6.00. The first-order valence-corrected chi connectivity index (χ1v) is 16.7. The highest BCUT2D eigenvalue weighted by Crippen LogP contribution is 2.43. The van der Waals surface area contributed by atoms with Gasteiger partial charge in [-0.1, -0.05) is 13.8 Å². The van der Waals surface area contributed by atoms with Gasteiger partial charge in [-0.15, -0.1) is 0 Å². The van der Waals surface area contributed by atoms with Crippen molar-refractivity contribution < 1.29 is 14.1 Å². The lowest BCUT2D eigenvalue weighted by atomic mass is 10.0. The number of hydrogen-bond donors (Lipinski definition) is 0. The van der Waals surface area contributed by atoms with Gasteiger partial charge in [0.05, 0.1) is 48.4 Å². The van der Waals surface area contributed by atoms with Crippen molar-refractivity contribution >= 4 is 34.9 Å². The summed E-state index contributed by atoms with van der Waals surface area (Å²) in [6.07, 6.45) is 6.40. The maximum Gasteiger partial charge on any atom is 0.270 e. The van der Waals surface area contributed by atoms with Crippen LogP contribution >= 0.6 is 7.14 Å². The number of nitrogens with zero attached hydrogens (tertiary/aromatic N) is 7. The van der Waals surface area contributed by atoms with Gasteiger partial charge in [0, 0.05) is 67.4 Å². The molecular formula is C31H36N7O3P. The van der Waals surface area contributed by atoms with Crippen molar-refractivity contribution in [1.29, 1.82) is 0 Å². The first-order valence-electron chi connectivity index (χ1n) is 14.2. The van der Waals surface area contributed by atoms with E-state index in [0.29, 0.717) is 42.7 Å². The van der Waals surface area contributed by atoms with Gasteiger partial charge in [-0.25, -0.2) is 9.67 Å². The van der Waals surface area contributed by atoms with Gasteiger partial charge >= 0.3 is 0 Å². The molecular weight excluding hydrogens is 549 g/mol. The van der Waals surface area contributed by atoms with Gasteiger partial charge in [-0.2, -0.15) is 5.10 Å². The lowest BCUT2D eigenvalue weighted by molar-refractivity contribution is 0.0760. The van der Waals surface area contributed by atoms with Gasteiger partial charge < -0.3 is 18.8 Å². The van der Waals surface area contributed by atoms with Crippen LogP contribution in [0.5, 0.6) is 5.75 Å². The predicted octanol–water partition coefficient (Wildman–Crippen LogP) is 5.57. The Morgan fingerprint density at radius 1 is 1.07 bits per heavy atom. The molecule has 1 saturated heterocycles. The highest BCUT2D eigenvalue weighted by atomic mass is 31.2. The Labute approximate surface area is 245 Å². The van der Waals surface area contributed by atoms with Gasteiger partial charge in [-0.05, 0) is 44.1 Å². The molecule has 1 fully saturated rings. The van der Waals surface area contributed by atoms with E-state index in [1.807, 2.05) is 66.1 Å². The zero-order chi connectivity index (χ0) is 29.9. The molecule has 11 heteroatoms. The third-order valence-electron chi connectivity index (χ3n) is 8.41. The predicted molar refractivity (Wildman–Crippen MR) is 166 cm³/mol. The molecule has 6 rings (SSSR count). The van der Waals surface area contributed by atoms with E-state index in [1.165, 1.54) is 0 Å². The molecule has 10 nitrogen and oxygen atoms in total. The molecule has 42 heavy (non-hydrogen) atoms. The molecule has 0 aromatic carbocycles. The van der Waals surface area contributed by atoms with Crippen LogP contribution in [0.15, 0.2) is 36.8 Å². The van der Waals surface area contributed by atoms with E-state index in [4.69, 9.17) is 19.8 Å². The number of amides is 1. The molecule has 0 unspecified atom stereocenters. The number of carbonyl (C=O) groups excluding carboxylic acids is 1. The maximum absolute atomic E-state index is 13.8. The largest absolute Gasteiger partial charge is 0.496 e. The Morgan fingerprint density at radius 2 is 1.81 bits per heavy atom. The Kier molecular flexibility index (Phi) is 6.92. The van der Waals surface area contributed by atoms with Gasteiger partial charge in [0.1, 0.15) is 11.4 Å². The molecule has 1 aliphatic rings. The first kappa shape index (κ1) is 28.1. The van der Waals surface area contributed by atoms with Crippen molar-refractivity contribution in [2.24, 2.45) is 7.05 Å². The molecule has 6 heterocycles. The van der Waals surface area contributed by atoms with Crippen molar-refractivity contribution in [2.75, 3.05) is 39.2 Å².